The Balaban J connectivity index is 2.30. The molecule has 1 N–H and O–H groups in total. The molecule has 106 valence electrons. The molecule has 0 radical (unpaired) electrons. The summed E-state index contributed by atoms with van der Waals surface area (Å²) < 4.78 is 5.50. The molecule has 4 heteroatoms. The van der Waals surface area contributed by atoms with Gasteiger partial charge in [0.2, 0.25) is 0 Å². The fourth-order valence-electron chi connectivity index (χ4n) is 2.55. The van der Waals surface area contributed by atoms with E-state index in [0.29, 0.717) is 6.04 Å². The van der Waals surface area contributed by atoms with Crippen LogP contribution in [-0.2, 0) is 0 Å². The molecule has 1 heterocycles. The Morgan fingerprint density at radius 3 is 2.95 bits per heavy atom. The molecule has 1 atom stereocenters. The highest BCUT2D eigenvalue weighted by Gasteiger charge is 2.20. The van der Waals surface area contributed by atoms with Gasteiger partial charge in [0.25, 0.3) is 0 Å². The van der Waals surface area contributed by atoms with E-state index in [-0.39, 0.29) is 0 Å². The standard InChI is InChI=1S/C15H23ClN2O/c1-4-12-10-18(7-5-6-17-12)14-8-11(2)13(16)9-15(14)19-3/h8-9,12,17H,4-7,10H2,1-3H3. The molecule has 3 nitrogen and oxygen atoms in total. The Morgan fingerprint density at radius 2 is 2.26 bits per heavy atom. The molecule has 0 aliphatic carbocycles. The number of aryl methyl sites for hydroxylation is 1. The minimum atomic E-state index is 0.545. The van der Waals surface area contributed by atoms with E-state index >= 15 is 0 Å². The van der Waals surface area contributed by atoms with Crippen molar-refractivity contribution in [3.05, 3.63) is 22.7 Å². The van der Waals surface area contributed by atoms with Crippen LogP contribution in [0.4, 0.5) is 5.69 Å². The van der Waals surface area contributed by atoms with Crippen LogP contribution < -0.4 is 15.0 Å². The van der Waals surface area contributed by atoms with Gasteiger partial charge >= 0.3 is 0 Å². The predicted molar refractivity (Wildman–Crippen MR) is 81.7 cm³/mol. The average Bonchev–Trinajstić information content (AvgIpc) is 2.66. The van der Waals surface area contributed by atoms with Gasteiger partial charge in [0.15, 0.2) is 0 Å². The first-order valence-electron chi connectivity index (χ1n) is 6.98. The molecule has 0 saturated carbocycles. The van der Waals surface area contributed by atoms with Crippen LogP contribution in [0, 0.1) is 6.92 Å². The summed E-state index contributed by atoms with van der Waals surface area (Å²) in [6, 6.07) is 4.60. The molecule has 1 aromatic carbocycles. The molecular formula is C15H23ClN2O. The molecule has 0 amide bonds. The van der Waals surface area contributed by atoms with Crippen molar-refractivity contribution in [2.75, 3.05) is 31.6 Å². The summed E-state index contributed by atoms with van der Waals surface area (Å²) in [4.78, 5) is 2.41. The first-order chi connectivity index (χ1) is 9.15. The number of nitrogens with zero attached hydrogens (tertiary/aromatic N) is 1. The fourth-order valence-corrected chi connectivity index (χ4v) is 2.70. The van der Waals surface area contributed by atoms with Gasteiger partial charge in [0.1, 0.15) is 5.75 Å². The van der Waals surface area contributed by atoms with Gasteiger partial charge in [-0.1, -0.05) is 18.5 Å². The molecular weight excluding hydrogens is 260 g/mol. The summed E-state index contributed by atoms with van der Waals surface area (Å²) in [5.74, 6) is 0.868. The molecule has 1 unspecified atom stereocenters. The summed E-state index contributed by atoms with van der Waals surface area (Å²) in [7, 11) is 1.71. The van der Waals surface area contributed by atoms with E-state index < -0.39 is 0 Å². The summed E-state index contributed by atoms with van der Waals surface area (Å²) in [5, 5.41) is 4.35. The first kappa shape index (κ1) is 14.5. The van der Waals surface area contributed by atoms with E-state index in [4.69, 9.17) is 16.3 Å². The summed E-state index contributed by atoms with van der Waals surface area (Å²) in [5.41, 5.74) is 2.26. The first-order valence-corrected chi connectivity index (χ1v) is 7.36. The minimum absolute atomic E-state index is 0.545. The number of benzene rings is 1. The van der Waals surface area contributed by atoms with Gasteiger partial charge in [-0.25, -0.2) is 0 Å². The van der Waals surface area contributed by atoms with Crippen LogP contribution in [0.3, 0.4) is 0 Å². The zero-order valence-corrected chi connectivity index (χ0v) is 12.8. The lowest BCUT2D eigenvalue weighted by Crippen LogP contribution is -2.37. The van der Waals surface area contributed by atoms with Crippen molar-refractivity contribution in [1.29, 1.82) is 0 Å². The second-order valence-electron chi connectivity index (χ2n) is 5.13. The number of anilines is 1. The van der Waals surface area contributed by atoms with Crippen LogP contribution >= 0.6 is 11.6 Å². The number of hydrogen-bond acceptors (Lipinski definition) is 3. The zero-order valence-electron chi connectivity index (χ0n) is 12.0. The summed E-state index contributed by atoms with van der Waals surface area (Å²) in [6.45, 7) is 7.43. The highest BCUT2D eigenvalue weighted by atomic mass is 35.5. The van der Waals surface area contributed by atoms with Crippen molar-refractivity contribution in [1.82, 2.24) is 5.32 Å². The van der Waals surface area contributed by atoms with Crippen LogP contribution in [-0.4, -0.2) is 32.8 Å². The van der Waals surface area contributed by atoms with E-state index in [0.717, 1.165) is 54.5 Å². The van der Waals surface area contributed by atoms with Gasteiger partial charge in [-0.15, -0.1) is 0 Å². The largest absolute Gasteiger partial charge is 0.495 e. The normalized spacial score (nSPS) is 20.2. The number of nitrogens with one attached hydrogen (secondary N) is 1. The lowest BCUT2D eigenvalue weighted by atomic mass is 10.1. The quantitative estimate of drug-likeness (QED) is 0.921. The number of rotatable bonds is 3. The van der Waals surface area contributed by atoms with E-state index in [1.807, 2.05) is 13.0 Å². The van der Waals surface area contributed by atoms with Crippen LogP contribution in [0.25, 0.3) is 0 Å². The number of hydrogen-bond donors (Lipinski definition) is 1. The van der Waals surface area contributed by atoms with E-state index in [1.165, 1.54) is 0 Å². The SMILES string of the molecule is CCC1CN(c2cc(C)c(Cl)cc2OC)CCCN1. The number of halogens is 1. The van der Waals surface area contributed by atoms with Gasteiger partial charge < -0.3 is 15.0 Å². The molecule has 1 aliphatic heterocycles. The Hall–Kier alpha value is -0.930. The minimum Gasteiger partial charge on any atom is -0.495 e. The molecule has 2 rings (SSSR count). The maximum atomic E-state index is 6.18. The van der Waals surface area contributed by atoms with Crippen LogP contribution in [0.5, 0.6) is 5.75 Å². The molecule has 0 aromatic heterocycles. The highest BCUT2D eigenvalue weighted by Crippen LogP contribution is 2.34. The van der Waals surface area contributed by atoms with Crippen molar-refractivity contribution < 1.29 is 4.74 Å². The van der Waals surface area contributed by atoms with Crippen molar-refractivity contribution in [3.8, 4) is 5.75 Å². The number of ether oxygens (including phenoxy) is 1. The predicted octanol–water partition coefficient (Wildman–Crippen LogP) is 3.24. The zero-order chi connectivity index (χ0) is 13.8. The Kier molecular flexibility index (Phi) is 4.94. The van der Waals surface area contributed by atoms with Crippen molar-refractivity contribution in [3.63, 3.8) is 0 Å². The Bertz CT molecular complexity index is 436. The van der Waals surface area contributed by atoms with E-state index in [2.05, 4.69) is 23.2 Å². The second-order valence-corrected chi connectivity index (χ2v) is 5.54. The number of methoxy groups -OCH3 is 1. The summed E-state index contributed by atoms with van der Waals surface area (Å²) >= 11 is 6.18. The van der Waals surface area contributed by atoms with Crippen LogP contribution in [0.2, 0.25) is 5.02 Å². The van der Waals surface area contributed by atoms with Gasteiger partial charge in [-0.05, 0) is 37.9 Å². The molecule has 1 saturated heterocycles. The topological polar surface area (TPSA) is 24.5 Å². The van der Waals surface area contributed by atoms with Crippen molar-refractivity contribution in [2.24, 2.45) is 0 Å². The molecule has 1 aliphatic rings. The average molecular weight is 283 g/mol. The maximum Gasteiger partial charge on any atom is 0.143 e. The van der Waals surface area contributed by atoms with Crippen molar-refractivity contribution in [2.45, 2.75) is 32.7 Å². The fraction of sp³-hybridized carbons (Fsp3) is 0.600. The molecule has 0 spiro atoms. The second kappa shape index (κ2) is 6.49. The Morgan fingerprint density at radius 1 is 1.47 bits per heavy atom. The van der Waals surface area contributed by atoms with Crippen LogP contribution in [0.1, 0.15) is 25.3 Å². The molecule has 1 fully saturated rings. The molecule has 19 heavy (non-hydrogen) atoms. The third-order valence-electron chi connectivity index (χ3n) is 3.77. The van der Waals surface area contributed by atoms with E-state index in [1.54, 1.807) is 7.11 Å². The smallest absolute Gasteiger partial charge is 0.143 e. The summed E-state index contributed by atoms with van der Waals surface area (Å²) in [6.07, 6.45) is 2.30. The van der Waals surface area contributed by atoms with Gasteiger partial charge in [0.05, 0.1) is 12.8 Å². The lowest BCUT2D eigenvalue weighted by Gasteiger charge is -2.28. The van der Waals surface area contributed by atoms with Crippen LogP contribution in [0.15, 0.2) is 12.1 Å². The van der Waals surface area contributed by atoms with Gasteiger partial charge in [0, 0.05) is 30.2 Å². The van der Waals surface area contributed by atoms with Gasteiger partial charge in [-0.3, -0.25) is 0 Å². The monoisotopic (exact) mass is 282 g/mol. The molecule has 0 bridgehead atoms. The highest BCUT2D eigenvalue weighted by molar-refractivity contribution is 6.31. The molecule has 1 aromatic rings. The van der Waals surface area contributed by atoms with E-state index in [9.17, 15) is 0 Å². The lowest BCUT2D eigenvalue weighted by molar-refractivity contribution is 0.413. The Labute approximate surface area is 120 Å². The third-order valence-corrected chi connectivity index (χ3v) is 4.18. The maximum absolute atomic E-state index is 6.18. The third kappa shape index (κ3) is 3.34. The van der Waals surface area contributed by atoms with Crippen molar-refractivity contribution >= 4 is 17.3 Å². The van der Waals surface area contributed by atoms with Gasteiger partial charge in [-0.2, -0.15) is 0 Å².